The summed E-state index contributed by atoms with van der Waals surface area (Å²) in [6.45, 7) is 0.223. The van der Waals surface area contributed by atoms with Gasteiger partial charge in [-0.05, 0) is 47.5 Å². The molecule has 0 amide bonds. The number of thiazole rings is 1. The van der Waals surface area contributed by atoms with E-state index in [1.54, 1.807) is 40.9 Å². The first-order chi connectivity index (χ1) is 16.0. The van der Waals surface area contributed by atoms with E-state index in [9.17, 15) is 12.8 Å². The van der Waals surface area contributed by atoms with E-state index < -0.39 is 10.0 Å². The Kier molecular flexibility index (Phi) is 5.76. The average molecular weight is 479 g/mol. The van der Waals surface area contributed by atoms with Gasteiger partial charge >= 0.3 is 0 Å². The minimum Gasteiger partial charge on any atom is -0.211 e. The van der Waals surface area contributed by atoms with Gasteiger partial charge in [0.15, 0.2) is 5.82 Å². The number of nitrogens with one attached hydrogen (secondary N) is 1. The lowest BCUT2D eigenvalue weighted by atomic mass is 10.1. The fourth-order valence-electron chi connectivity index (χ4n) is 3.47. The van der Waals surface area contributed by atoms with Crippen molar-refractivity contribution >= 4 is 26.3 Å². The van der Waals surface area contributed by atoms with Gasteiger partial charge in [-0.25, -0.2) is 22.0 Å². The molecule has 5 aromatic rings. The van der Waals surface area contributed by atoms with Crippen molar-refractivity contribution in [2.45, 2.75) is 11.3 Å². The van der Waals surface area contributed by atoms with E-state index in [1.165, 1.54) is 23.5 Å². The first kappa shape index (κ1) is 21.4. The van der Waals surface area contributed by atoms with E-state index in [0.717, 1.165) is 22.4 Å². The molecular formula is C24H19FN4O2S2. The van der Waals surface area contributed by atoms with Gasteiger partial charge in [0.1, 0.15) is 5.82 Å². The van der Waals surface area contributed by atoms with Crippen molar-refractivity contribution in [2.24, 2.45) is 0 Å². The van der Waals surface area contributed by atoms with Gasteiger partial charge < -0.3 is 0 Å². The van der Waals surface area contributed by atoms with E-state index in [2.05, 4.69) is 14.8 Å². The smallest absolute Gasteiger partial charge is 0.211 e. The first-order valence-electron chi connectivity index (χ1n) is 10.2. The molecule has 1 N–H and O–H groups in total. The molecule has 5 rings (SSSR count). The van der Waals surface area contributed by atoms with Gasteiger partial charge in [0.2, 0.25) is 15.0 Å². The van der Waals surface area contributed by atoms with E-state index in [-0.39, 0.29) is 17.3 Å². The normalized spacial score (nSPS) is 11.8. The molecule has 2 aromatic heterocycles. The van der Waals surface area contributed by atoms with Crippen molar-refractivity contribution in [3.05, 3.63) is 95.8 Å². The van der Waals surface area contributed by atoms with Crippen LogP contribution in [0.5, 0.6) is 0 Å². The lowest BCUT2D eigenvalue weighted by molar-refractivity contribution is 0.581. The topological polar surface area (TPSA) is 76.4 Å². The number of halogens is 1. The highest BCUT2D eigenvalue weighted by atomic mass is 32.2. The van der Waals surface area contributed by atoms with Crippen molar-refractivity contribution in [1.29, 1.82) is 0 Å². The van der Waals surface area contributed by atoms with Crippen molar-refractivity contribution in [2.75, 3.05) is 6.54 Å². The second kappa shape index (κ2) is 8.86. The predicted molar refractivity (Wildman–Crippen MR) is 127 cm³/mol. The summed E-state index contributed by atoms with van der Waals surface area (Å²) in [5.74, 6) is 0.185. The van der Waals surface area contributed by atoms with Gasteiger partial charge in [-0.15, -0.1) is 16.4 Å². The second-order valence-corrected chi connectivity index (χ2v) is 10.0. The van der Waals surface area contributed by atoms with Gasteiger partial charge in [0, 0.05) is 23.9 Å². The fourth-order valence-corrected chi connectivity index (χ4v) is 5.36. The molecule has 9 heteroatoms. The number of rotatable bonds is 7. The molecule has 0 saturated carbocycles. The third-order valence-corrected chi connectivity index (χ3v) is 7.54. The average Bonchev–Trinajstić information content (AvgIpc) is 3.42. The molecule has 3 aromatic carbocycles. The van der Waals surface area contributed by atoms with Crippen LogP contribution in [-0.4, -0.2) is 29.6 Å². The van der Waals surface area contributed by atoms with Crippen LogP contribution in [-0.2, 0) is 16.4 Å². The monoisotopic (exact) mass is 478 g/mol. The molecule has 0 spiro atoms. The molecule has 0 aliphatic carbocycles. The largest absolute Gasteiger partial charge is 0.240 e. The summed E-state index contributed by atoms with van der Waals surface area (Å²) in [4.78, 5) is 5.40. The van der Waals surface area contributed by atoms with Crippen LogP contribution < -0.4 is 4.72 Å². The molecule has 2 heterocycles. The Morgan fingerprint density at radius 2 is 1.55 bits per heavy atom. The predicted octanol–water partition coefficient (Wildman–Crippen LogP) is 4.78. The maximum atomic E-state index is 13.2. The second-order valence-electron chi connectivity index (χ2n) is 7.40. The maximum absolute atomic E-state index is 13.2. The van der Waals surface area contributed by atoms with Gasteiger partial charge in [-0.1, -0.05) is 42.5 Å². The van der Waals surface area contributed by atoms with E-state index in [1.807, 2.05) is 35.7 Å². The van der Waals surface area contributed by atoms with Gasteiger partial charge in [0.25, 0.3) is 0 Å². The van der Waals surface area contributed by atoms with Crippen LogP contribution in [0.1, 0.15) is 5.69 Å². The number of fused-ring (bicyclic) bond motifs is 1. The third kappa shape index (κ3) is 4.56. The SMILES string of the molecule is O=S(=O)(NCCc1csc2nc(-c3ccc(F)cc3)nn12)c1ccc(-c2ccccc2)cc1. The summed E-state index contributed by atoms with van der Waals surface area (Å²) in [6.07, 6.45) is 0.452. The zero-order chi connectivity index (χ0) is 22.8. The summed E-state index contributed by atoms with van der Waals surface area (Å²) in [6, 6.07) is 22.6. The molecule has 0 unspecified atom stereocenters. The van der Waals surface area contributed by atoms with Crippen LogP contribution in [0.2, 0.25) is 0 Å². The Labute approximate surface area is 194 Å². The Morgan fingerprint density at radius 1 is 0.879 bits per heavy atom. The van der Waals surface area contributed by atoms with Crippen molar-refractivity contribution in [3.8, 4) is 22.5 Å². The molecule has 0 radical (unpaired) electrons. The fraction of sp³-hybridized carbons (Fsp3) is 0.0833. The highest BCUT2D eigenvalue weighted by Crippen LogP contribution is 2.22. The number of hydrogen-bond acceptors (Lipinski definition) is 5. The van der Waals surface area contributed by atoms with Crippen LogP contribution >= 0.6 is 11.3 Å². The van der Waals surface area contributed by atoms with Crippen molar-refractivity contribution in [1.82, 2.24) is 19.3 Å². The van der Waals surface area contributed by atoms with Crippen LogP contribution in [0.3, 0.4) is 0 Å². The molecule has 0 aliphatic rings. The number of nitrogens with zero attached hydrogens (tertiary/aromatic N) is 3. The van der Waals surface area contributed by atoms with Gasteiger partial charge in [-0.2, -0.15) is 4.98 Å². The Bertz CT molecular complexity index is 1490. The van der Waals surface area contributed by atoms with Crippen LogP contribution in [0, 0.1) is 5.82 Å². The minimum absolute atomic E-state index is 0.219. The van der Waals surface area contributed by atoms with E-state index >= 15 is 0 Å². The molecule has 166 valence electrons. The Hall–Kier alpha value is -3.40. The summed E-state index contributed by atoms with van der Waals surface area (Å²) >= 11 is 1.42. The molecule has 0 aliphatic heterocycles. The molecule has 0 bridgehead atoms. The quantitative estimate of drug-likeness (QED) is 0.365. The molecule has 0 saturated heterocycles. The Morgan fingerprint density at radius 3 is 2.27 bits per heavy atom. The Balaban J connectivity index is 1.26. The summed E-state index contributed by atoms with van der Waals surface area (Å²) in [5, 5.41) is 6.41. The molecule has 6 nitrogen and oxygen atoms in total. The molecule has 0 fully saturated rings. The lowest BCUT2D eigenvalue weighted by Crippen LogP contribution is -2.26. The number of aromatic nitrogens is 3. The van der Waals surface area contributed by atoms with Crippen molar-refractivity contribution in [3.63, 3.8) is 0 Å². The summed E-state index contributed by atoms with van der Waals surface area (Å²) < 4.78 is 43.0. The minimum atomic E-state index is -3.63. The standard InChI is InChI=1S/C24H19FN4O2S2/c25-20-10-6-19(7-11-20)23-27-24-29(28-23)21(16-32-24)14-15-26-33(30,31)22-12-8-18(9-13-22)17-4-2-1-3-5-17/h1-13,16,26H,14-15H2. The highest BCUT2D eigenvalue weighted by Gasteiger charge is 2.16. The molecular weight excluding hydrogens is 459 g/mol. The van der Waals surface area contributed by atoms with Gasteiger partial charge in [-0.3, -0.25) is 0 Å². The van der Waals surface area contributed by atoms with Crippen LogP contribution in [0.15, 0.2) is 89.1 Å². The first-order valence-corrected chi connectivity index (χ1v) is 12.6. The number of hydrogen-bond donors (Lipinski definition) is 1. The lowest BCUT2D eigenvalue weighted by Gasteiger charge is -2.08. The van der Waals surface area contributed by atoms with Crippen LogP contribution in [0.4, 0.5) is 4.39 Å². The van der Waals surface area contributed by atoms with Gasteiger partial charge in [0.05, 0.1) is 10.6 Å². The maximum Gasteiger partial charge on any atom is 0.240 e. The van der Waals surface area contributed by atoms with E-state index in [0.29, 0.717) is 17.2 Å². The van der Waals surface area contributed by atoms with Crippen molar-refractivity contribution < 1.29 is 12.8 Å². The number of sulfonamides is 1. The summed E-state index contributed by atoms with van der Waals surface area (Å²) in [7, 11) is -3.63. The number of benzene rings is 3. The zero-order valence-corrected chi connectivity index (χ0v) is 19.0. The van der Waals surface area contributed by atoms with Crippen LogP contribution in [0.25, 0.3) is 27.5 Å². The molecule has 0 atom stereocenters. The highest BCUT2D eigenvalue weighted by molar-refractivity contribution is 7.89. The zero-order valence-electron chi connectivity index (χ0n) is 17.3. The summed E-state index contributed by atoms with van der Waals surface area (Å²) in [5.41, 5.74) is 3.55. The van der Waals surface area contributed by atoms with E-state index in [4.69, 9.17) is 0 Å². The third-order valence-electron chi connectivity index (χ3n) is 5.20. The molecule has 33 heavy (non-hydrogen) atoms.